The summed E-state index contributed by atoms with van der Waals surface area (Å²) in [6, 6.07) is 15.3. The molecule has 33 heavy (non-hydrogen) atoms. The van der Waals surface area contributed by atoms with E-state index in [0.717, 1.165) is 5.69 Å². The lowest BCUT2D eigenvalue weighted by Gasteiger charge is -2.22. The molecule has 0 bridgehead atoms. The number of amides is 2. The summed E-state index contributed by atoms with van der Waals surface area (Å²) in [4.78, 5) is 42.0. The van der Waals surface area contributed by atoms with E-state index in [1.807, 2.05) is 30.3 Å². The van der Waals surface area contributed by atoms with Crippen molar-refractivity contribution in [2.45, 2.75) is 20.3 Å². The van der Waals surface area contributed by atoms with Crippen LogP contribution in [-0.2, 0) is 4.79 Å². The topological polar surface area (TPSA) is 75.5 Å². The van der Waals surface area contributed by atoms with Crippen molar-refractivity contribution >= 4 is 17.6 Å². The Morgan fingerprint density at radius 2 is 1.48 bits per heavy atom. The van der Waals surface area contributed by atoms with Gasteiger partial charge in [0.05, 0.1) is 28.2 Å². The Kier molecular flexibility index (Phi) is 6.35. The van der Waals surface area contributed by atoms with Crippen molar-refractivity contribution in [2.24, 2.45) is 0 Å². The van der Waals surface area contributed by atoms with Crippen LogP contribution in [-0.4, -0.2) is 63.4 Å². The number of hydrogen-bond donors (Lipinski definition) is 0. The maximum Gasteiger partial charge on any atom is 0.295 e. The minimum atomic E-state index is -0.617. The molecule has 0 aliphatic carbocycles. The monoisotopic (exact) mass is 448 g/mol. The summed E-state index contributed by atoms with van der Waals surface area (Å²) in [5.74, 6) is -2.21. The number of hydrogen-bond acceptors (Lipinski definition) is 4. The van der Waals surface area contributed by atoms with E-state index in [2.05, 4.69) is 5.10 Å². The van der Waals surface area contributed by atoms with Gasteiger partial charge in [-0.2, -0.15) is 5.10 Å². The number of benzene rings is 2. The van der Waals surface area contributed by atoms with Crippen molar-refractivity contribution < 1.29 is 18.8 Å². The second kappa shape index (κ2) is 9.36. The fourth-order valence-corrected chi connectivity index (χ4v) is 4.17. The van der Waals surface area contributed by atoms with Crippen LogP contribution in [0.3, 0.4) is 0 Å². The van der Waals surface area contributed by atoms with Crippen molar-refractivity contribution in [1.29, 1.82) is 0 Å². The van der Waals surface area contributed by atoms with Crippen LogP contribution in [0.5, 0.6) is 0 Å². The number of aryl methyl sites for hydroxylation is 1. The molecule has 1 saturated heterocycles. The molecule has 4 rings (SSSR count). The minimum absolute atomic E-state index is 0.00734. The van der Waals surface area contributed by atoms with Gasteiger partial charge in [-0.3, -0.25) is 14.4 Å². The van der Waals surface area contributed by atoms with Crippen molar-refractivity contribution in [1.82, 2.24) is 19.6 Å². The molecule has 0 N–H and O–H groups in total. The second-order valence-electron chi connectivity index (χ2n) is 8.04. The van der Waals surface area contributed by atoms with Gasteiger partial charge in [0.25, 0.3) is 17.6 Å². The molecule has 8 heteroatoms. The van der Waals surface area contributed by atoms with Crippen molar-refractivity contribution in [3.8, 4) is 5.69 Å². The summed E-state index contributed by atoms with van der Waals surface area (Å²) in [5, 5.41) is 4.46. The van der Waals surface area contributed by atoms with Crippen LogP contribution in [0.15, 0.2) is 54.6 Å². The van der Waals surface area contributed by atoms with Crippen molar-refractivity contribution in [2.75, 3.05) is 26.2 Å². The first-order valence-electron chi connectivity index (χ1n) is 10.9. The van der Waals surface area contributed by atoms with Crippen LogP contribution in [0, 0.1) is 19.7 Å². The number of aromatic nitrogens is 2. The van der Waals surface area contributed by atoms with E-state index in [-0.39, 0.29) is 18.7 Å². The second-order valence-corrected chi connectivity index (χ2v) is 8.04. The van der Waals surface area contributed by atoms with Crippen molar-refractivity contribution in [3.05, 3.63) is 82.9 Å². The molecular weight excluding hydrogens is 423 g/mol. The average Bonchev–Trinajstić information content (AvgIpc) is 2.98. The normalized spacial score (nSPS) is 14.2. The van der Waals surface area contributed by atoms with Gasteiger partial charge in [0, 0.05) is 26.2 Å². The highest BCUT2D eigenvalue weighted by atomic mass is 19.1. The Balaban J connectivity index is 1.49. The smallest absolute Gasteiger partial charge is 0.295 e. The number of Topliss-reactive ketones (excluding diaryl/α,β-unsaturated/α-hetero) is 1. The Labute approximate surface area is 191 Å². The van der Waals surface area contributed by atoms with E-state index in [0.29, 0.717) is 36.5 Å². The third-order valence-corrected chi connectivity index (χ3v) is 5.89. The predicted molar refractivity (Wildman–Crippen MR) is 121 cm³/mol. The maximum atomic E-state index is 14.0. The highest BCUT2D eigenvalue weighted by Crippen LogP contribution is 2.20. The lowest BCUT2D eigenvalue weighted by Crippen LogP contribution is -2.40. The molecule has 1 fully saturated rings. The van der Waals surface area contributed by atoms with Crippen LogP contribution >= 0.6 is 0 Å². The van der Waals surface area contributed by atoms with Crippen molar-refractivity contribution in [3.63, 3.8) is 0 Å². The van der Waals surface area contributed by atoms with Crippen LogP contribution in [0.4, 0.5) is 4.39 Å². The van der Waals surface area contributed by atoms with Gasteiger partial charge in [-0.1, -0.05) is 30.3 Å². The number of rotatable bonds is 4. The molecule has 1 aliphatic heterocycles. The fraction of sp³-hybridized carbons (Fsp3) is 0.280. The zero-order valence-electron chi connectivity index (χ0n) is 18.6. The number of ketones is 1. The number of carbonyl (C=O) groups excluding carboxylic acids is 3. The standard InChI is InChI=1S/C25H25FN4O3/c1-17-22(18(2)30(27-17)19-9-4-3-5-10-19)23(31)25(33)29-14-8-13-28(15-16-29)24(32)20-11-6-7-12-21(20)26/h3-7,9-12H,8,13-16H2,1-2H3. The third kappa shape index (κ3) is 4.41. The van der Waals surface area contributed by atoms with Gasteiger partial charge >= 0.3 is 0 Å². The molecule has 0 saturated carbocycles. The fourth-order valence-electron chi connectivity index (χ4n) is 4.17. The average molecular weight is 448 g/mol. The lowest BCUT2D eigenvalue weighted by atomic mass is 10.1. The molecule has 3 aromatic rings. The SMILES string of the molecule is Cc1nn(-c2ccccc2)c(C)c1C(=O)C(=O)N1CCCN(C(=O)c2ccccc2F)CC1. The Morgan fingerprint density at radius 3 is 2.21 bits per heavy atom. The van der Waals surface area contributed by atoms with Gasteiger partial charge in [-0.15, -0.1) is 0 Å². The molecule has 0 atom stereocenters. The molecule has 2 aromatic carbocycles. The molecule has 170 valence electrons. The summed E-state index contributed by atoms with van der Waals surface area (Å²) in [5.41, 5.74) is 2.20. The Hall–Kier alpha value is -3.81. The highest BCUT2D eigenvalue weighted by Gasteiger charge is 2.31. The molecule has 0 unspecified atom stereocenters. The van der Waals surface area contributed by atoms with Crippen LogP contribution in [0.2, 0.25) is 0 Å². The lowest BCUT2D eigenvalue weighted by molar-refractivity contribution is -0.126. The molecule has 1 aromatic heterocycles. The minimum Gasteiger partial charge on any atom is -0.337 e. The summed E-state index contributed by atoms with van der Waals surface area (Å²) in [6.45, 7) is 4.64. The number of halogens is 1. The van der Waals surface area contributed by atoms with E-state index >= 15 is 0 Å². The van der Waals surface area contributed by atoms with E-state index in [1.165, 1.54) is 28.0 Å². The first kappa shape index (κ1) is 22.4. The van der Waals surface area contributed by atoms with Gasteiger partial charge in [0.1, 0.15) is 5.82 Å². The van der Waals surface area contributed by atoms with Gasteiger partial charge < -0.3 is 9.80 Å². The van der Waals surface area contributed by atoms with E-state index in [1.54, 1.807) is 24.6 Å². The largest absolute Gasteiger partial charge is 0.337 e. The molecule has 0 spiro atoms. The maximum absolute atomic E-state index is 14.0. The third-order valence-electron chi connectivity index (χ3n) is 5.89. The van der Waals surface area contributed by atoms with E-state index < -0.39 is 23.4 Å². The van der Waals surface area contributed by atoms with E-state index in [9.17, 15) is 18.8 Å². The molecular formula is C25H25FN4O3. The van der Waals surface area contributed by atoms with Gasteiger partial charge in [-0.05, 0) is 44.5 Å². The predicted octanol–water partition coefficient (Wildman–Crippen LogP) is 3.19. The highest BCUT2D eigenvalue weighted by molar-refractivity contribution is 6.43. The van der Waals surface area contributed by atoms with Crippen LogP contribution < -0.4 is 0 Å². The Morgan fingerprint density at radius 1 is 0.848 bits per heavy atom. The summed E-state index contributed by atoms with van der Waals surface area (Å²) < 4.78 is 15.7. The zero-order valence-corrected chi connectivity index (χ0v) is 18.6. The number of para-hydroxylation sites is 1. The van der Waals surface area contributed by atoms with Gasteiger partial charge in [0.2, 0.25) is 0 Å². The molecule has 0 radical (unpaired) electrons. The van der Waals surface area contributed by atoms with Crippen LogP contribution in [0.1, 0.15) is 38.5 Å². The van der Waals surface area contributed by atoms with Gasteiger partial charge in [0.15, 0.2) is 0 Å². The molecule has 2 heterocycles. The number of carbonyl (C=O) groups is 3. The first-order valence-corrected chi connectivity index (χ1v) is 10.9. The Bertz CT molecular complexity index is 1210. The molecule has 2 amide bonds. The quantitative estimate of drug-likeness (QED) is 0.454. The van der Waals surface area contributed by atoms with E-state index in [4.69, 9.17) is 0 Å². The molecule has 1 aliphatic rings. The zero-order chi connectivity index (χ0) is 23.5. The molecule has 7 nitrogen and oxygen atoms in total. The van der Waals surface area contributed by atoms with Gasteiger partial charge in [-0.25, -0.2) is 9.07 Å². The summed E-state index contributed by atoms with van der Waals surface area (Å²) >= 11 is 0. The first-order chi connectivity index (χ1) is 15.9. The van der Waals surface area contributed by atoms with Crippen LogP contribution in [0.25, 0.3) is 5.69 Å². The number of nitrogens with zero attached hydrogens (tertiary/aromatic N) is 4. The summed E-state index contributed by atoms with van der Waals surface area (Å²) in [7, 11) is 0. The summed E-state index contributed by atoms with van der Waals surface area (Å²) in [6.07, 6.45) is 0.500.